The van der Waals surface area contributed by atoms with Crippen LogP contribution in [-0.2, 0) is 6.54 Å². The van der Waals surface area contributed by atoms with Gasteiger partial charge in [0, 0.05) is 25.4 Å². The van der Waals surface area contributed by atoms with Crippen LogP contribution in [0.2, 0.25) is 0 Å². The first-order valence-electron chi connectivity index (χ1n) is 6.07. The molecule has 0 spiro atoms. The van der Waals surface area contributed by atoms with E-state index in [1.54, 1.807) is 19.2 Å². The third kappa shape index (κ3) is 3.64. The van der Waals surface area contributed by atoms with Crippen LogP contribution in [0.5, 0.6) is 0 Å². The van der Waals surface area contributed by atoms with Crippen LogP contribution in [0.3, 0.4) is 0 Å². The molecular weight excluding hydrogens is 337 g/mol. The molecule has 106 valence electrons. The molecule has 6 heteroatoms. The Hall–Kier alpha value is -2.26. The molecule has 0 aliphatic carbocycles. The van der Waals surface area contributed by atoms with Crippen molar-refractivity contribution in [3.63, 3.8) is 0 Å². The smallest absolute Gasteiger partial charge is 0.255 e. The van der Waals surface area contributed by atoms with Crippen LogP contribution < -0.4 is 0 Å². The van der Waals surface area contributed by atoms with Crippen LogP contribution in [0.4, 0.5) is 4.39 Å². The summed E-state index contributed by atoms with van der Waals surface area (Å²) in [7, 11) is 1.57. The predicted molar refractivity (Wildman–Crippen MR) is 78.8 cm³/mol. The van der Waals surface area contributed by atoms with Crippen LogP contribution in [0.15, 0.2) is 41.1 Å². The first kappa shape index (κ1) is 15.1. The molecule has 0 bridgehead atoms. The summed E-state index contributed by atoms with van der Waals surface area (Å²) in [5.41, 5.74) is 1.07. The molecule has 0 aliphatic rings. The van der Waals surface area contributed by atoms with Crippen molar-refractivity contribution in [1.82, 2.24) is 9.88 Å². The fourth-order valence-corrected chi connectivity index (χ4v) is 2.05. The van der Waals surface area contributed by atoms with Gasteiger partial charge in [-0.05, 0) is 46.3 Å². The monoisotopic (exact) mass is 347 g/mol. The predicted octanol–water partition coefficient (Wildman–Crippen LogP) is 3.13. The first-order chi connectivity index (χ1) is 10.0. The van der Waals surface area contributed by atoms with Gasteiger partial charge in [-0.2, -0.15) is 5.26 Å². The molecule has 1 aromatic carbocycles. The van der Waals surface area contributed by atoms with Crippen molar-refractivity contribution in [2.45, 2.75) is 6.54 Å². The third-order valence-electron chi connectivity index (χ3n) is 2.90. The Morgan fingerprint density at radius 3 is 2.81 bits per heavy atom. The molecular formula is C15H11BrFN3O. The SMILES string of the molecule is CN(Cc1cc(C#N)ccc1F)C(=O)c1ccc(Br)nc1. The summed E-state index contributed by atoms with van der Waals surface area (Å²) in [6, 6.07) is 9.33. The number of carbonyl (C=O) groups excluding carboxylic acids is 1. The van der Waals surface area contributed by atoms with E-state index in [0.717, 1.165) is 0 Å². The van der Waals surface area contributed by atoms with Gasteiger partial charge in [0.25, 0.3) is 5.91 Å². The van der Waals surface area contributed by atoms with Crippen molar-refractivity contribution in [2.75, 3.05) is 7.05 Å². The molecule has 0 saturated heterocycles. The molecule has 0 N–H and O–H groups in total. The van der Waals surface area contributed by atoms with Gasteiger partial charge in [0.1, 0.15) is 10.4 Å². The number of rotatable bonds is 3. The zero-order chi connectivity index (χ0) is 15.4. The number of pyridine rings is 1. The Morgan fingerprint density at radius 1 is 1.43 bits per heavy atom. The number of hydrogen-bond acceptors (Lipinski definition) is 3. The molecule has 1 amide bonds. The summed E-state index contributed by atoms with van der Waals surface area (Å²) in [6.45, 7) is 0.0796. The summed E-state index contributed by atoms with van der Waals surface area (Å²) in [5.74, 6) is -0.709. The number of nitriles is 1. The molecule has 4 nitrogen and oxygen atoms in total. The molecule has 2 rings (SSSR count). The van der Waals surface area contributed by atoms with E-state index in [1.165, 1.54) is 29.3 Å². The van der Waals surface area contributed by atoms with E-state index in [2.05, 4.69) is 20.9 Å². The van der Waals surface area contributed by atoms with Crippen LogP contribution in [0.25, 0.3) is 0 Å². The average Bonchev–Trinajstić information content (AvgIpc) is 2.49. The molecule has 0 aliphatic heterocycles. The number of nitrogens with zero attached hydrogens (tertiary/aromatic N) is 3. The molecule has 0 fully saturated rings. The minimum absolute atomic E-state index is 0.0796. The number of carbonyl (C=O) groups is 1. The van der Waals surface area contributed by atoms with Crippen molar-refractivity contribution < 1.29 is 9.18 Å². The summed E-state index contributed by atoms with van der Waals surface area (Å²) >= 11 is 3.19. The van der Waals surface area contributed by atoms with Gasteiger partial charge in [-0.15, -0.1) is 0 Å². The van der Waals surface area contributed by atoms with Crippen LogP contribution in [0.1, 0.15) is 21.5 Å². The van der Waals surface area contributed by atoms with Crippen molar-refractivity contribution in [3.05, 3.63) is 63.6 Å². The molecule has 0 atom stereocenters. The molecule has 21 heavy (non-hydrogen) atoms. The molecule has 0 radical (unpaired) electrons. The normalized spacial score (nSPS) is 10.0. The van der Waals surface area contributed by atoms with E-state index in [1.807, 2.05) is 6.07 Å². The summed E-state index contributed by atoms with van der Waals surface area (Å²) in [6.07, 6.45) is 1.45. The summed E-state index contributed by atoms with van der Waals surface area (Å²) in [5, 5.41) is 8.83. The van der Waals surface area contributed by atoms with Gasteiger partial charge in [0.15, 0.2) is 0 Å². The molecule has 1 aromatic heterocycles. The zero-order valence-corrected chi connectivity index (χ0v) is 12.8. The van der Waals surface area contributed by atoms with Crippen molar-refractivity contribution in [1.29, 1.82) is 5.26 Å². The zero-order valence-electron chi connectivity index (χ0n) is 11.2. The van der Waals surface area contributed by atoms with Gasteiger partial charge >= 0.3 is 0 Å². The highest BCUT2D eigenvalue weighted by Gasteiger charge is 2.14. The highest BCUT2D eigenvalue weighted by atomic mass is 79.9. The average molecular weight is 348 g/mol. The van der Waals surface area contributed by atoms with Crippen molar-refractivity contribution >= 4 is 21.8 Å². The fraction of sp³-hybridized carbons (Fsp3) is 0.133. The van der Waals surface area contributed by atoms with Gasteiger partial charge in [0.05, 0.1) is 17.2 Å². The third-order valence-corrected chi connectivity index (χ3v) is 3.37. The van der Waals surface area contributed by atoms with Gasteiger partial charge in [0.2, 0.25) is 0 Å². The number of amides is 1. The number of halogens is 2. The molecule has 0 saturated carbocycles. The van der Waals surface area contributed by atoms with Crippen molar-refractivity contribution in [3.8, 4) is 6.07 Å². The lowest BCUT2D eigenvalue weighted by molar-refractivity contribution is 0.0783. The first-order valence-corrected chi connectivity index (χ1v) is 6.86. The van der Waals surface area contributed by atoms with Gasteiger partial charge in [-0.3, -0.25) is 4.79 Å². The second kappa shape index (κ2) is 6.46. The van der Waals surface area contributed by atoms with Gasteiger partial charge in [-0.1, -0.05) is 0 Å². The lowest BCUT2D eigenvalue weighted by atomic mass is 10.1. The minimum Gasteiger partial charge on any atom is -0.337 e. The highest BCUT2D eigenvalue weighted by molar-refractivity contribution is 9.10. The quantitative estimate of drug-likeness (QED) is 0.801. The van der Waals surface area contributed by atoms with E-state index in [4.69, 9.17) is 5.26 Å². The minimum atomic E-state index is -0.442. The maximum atomic E-state index is 13.7. The van der Waals surface area contributed by atoms with Crippen molar-refractivity contribution in [2.24, 2.45) is 0 Å². The van der Waals surface area contributed by atoms with E-state index in [0.29, 0.717) is 21.3 Å². The lowest BCUT2D eigenvalue weighted by Crippen LogP contribution is -2.26. The van der Waals surface area contributed by atoms with Gasteiger partial charge in [-0.25, -0.2) is 9.37 Å². The fourth-order valence-electron chi connectivity index (χ4n) is 1.82. The van der Waals surface area contributed by atoms with Crippen LogP contribution in [-0.4, -0.2) is 22.8 Å². The topological polar surface area (TPSA) is 57.0 Å². The van der Waals surface area contributed by atoms with E-state index in [9.17, 15) is 9.18 Å². The largest absolute Gasteiger partial charge is 0.337 e. The standard InChI is InChI=1S/C15H11BrFN3O/c1-20(15(21)11-3-5-14(16)19-8-11)9-12-6-10(7-18)2-4-13(12)17/h2-6,8H,9H2,1H3. The summed E-state index contributed by atoms with van der Waals surface area (Å²) < 4.78 is 14.4. The number of hydrogen-bond donors (Lipinski definition) is 0. The second-order valence-corrected chi connectivity index (χ2v) is 5.26. The van der Waals surface area contributed by atoms with Crippen LogP contribution in [0, 0.1) is 17.1 Å². The Morgan fingerprint density at radius 2 is 2.19 bits per heavy atom. The maximum absolute atomic E-state index is 13.7. The number of benzene rings is 1. The Bertz CT molecular complexity index is 710. The Labute approximate surface area is 130 Å². The van der Waals surface area contributed by atoms with Crippen LogP contribution >= 0.6 is 15.9 Å². The maximum Gasteiger partial charge on any atom is 0.255 e. The van der Waals surface area contributed by atoms with E-state index in [-0.39, 0.29) is 12.5 Å². The Kier molecular flexibility index (Phi) is 4.66. The second-order valence-electron chi connectivity index (χ2n) is 4.45. The summed E-state index contributed by atoms with van der Waals surface area (Å²) in [4.78, 5) is 17.6. The molecule has 2 aromatic rings. The molecule has 1 heterocycles. The highest BCUT2D eigenvalue weighted by Crippen LogP contribution is 2.14. The van der Waals surface area contributed by atoms with Gasteiger partial charge < -0.3 is 4.90 Å². The van der Waals surface area contributed by atoms with E-state index >= 15 is 0 Å². The molecule has 0 unspecified atom stereocenters. The number of aromatic nitrogens is 1. The van der Waals surface area contributed by atoms with E-state index < -0.39 is 5.82 Å². The lowest BCUT2D eigenvalue weighted by Gasteiger charge is -2.17. The Balaban J connectivity index is 2.18.